The first-order valence-corrected chi connectivity index (χ1v) is 15.6. The number of hydrogen-bond donors (Lipinski definition) is 1. The smallest absolute Gasteiger partial charge is 0.242 e. The van der Waals surface area contributed by atoms with E-state index in [-0.39, 0.29) is 37.4 Å². The molecule has 10 heteroatoms. The predicted octanol–water partition coefficient (Wildman–Crippen LogP) is 5.63. The summed E-state index contributed by atoms with van der Waals surface area (Å²) in [6, 6.07) is 10.1. The summed E-state index contributed by atoms with van der Waals surface area (Å²) in [7, 11) is -3.55. The first-order chi connectivity index (χ1) is 17.9. The lowest BCUT2D eigenvalue weighted by molar-refractivity contribution is -0.141. The first kappa shape index (κ1) is 30.3. The average Bonchev–Trinajstić information content (AvgIpc) is 3.36. The Labute approximate surface area is 236 Å². The van der Waals surface area contributed by atoms with Crippen LogP contribution in [0.5, 0.6) is 0 Å². The molecule has 1 saturated carbocycles. The van der Waals surface area contributed by atoms with E-state index >= 15 is 0 Å². The number of carbonyl (C=O) groups excluding carboxylic acids is 2. The molecule has 0 radical (unpaired) electrons. The Bertz CT molecular complexity index is 1260. The molecule has 0 saturated heterocycles. The highest BCUT2D eigenvalue weighted by Gasteiger charge is 2.29. The Kier molecular flexibility index (Phi) is 10.5. The number of carbonyl (C=O) groups is 2. The summed E-state index contributed by atoms with van der Waals surface area (Å²) in [6.07, 6.45) is 5.60. The van der Waals surface area contributed by atoms with Gasteiger partial charge in [0.1, 0.15) is 6.04 Å². The Hall–Kier alpha value is -2.29. The topological polar surface area (TPSA) is 86.8 Å². The molecule has 208 valence electrons. The molecule has 2 aromatic carbocycles. The molecule has 0 aromatic heterocycles. The largest absolute Gasteiger partial charge is 0.352 e. The molecule has 38 heavy (non-hydrogen) atoms. The van der Waals surface area contributed by atoms with E-state index in [0.717, 1.165) is 48.6 Å². The van der Waals surface area contributed by atoms with Crippen molar-refractivity contribution in [2.45, 2.75) is 77.9 Å². The predicted molar refractivity (Wildman–Crippen MR) is 154 cm³/mol. The van der Waals surface area contributed by atoms with Crippen LogP contribution in [-0.4, -0.2) is 50.0 Å². The van der Waals surface area contributed by atoms with Crippen LogP contribution < -0.4 is 9.62 Å². The molecule has 0 aliphatic heterocycles. The Morgan fingerprint density at radius 2 is 1.71 bits per heavy atom. The van der Waals surface area contributed by atoms with Crippen LogP contribution in [0.15, 0.2) is 36.4 Å². The summed E-state index contributed by atoms with van der Waals surface area (Å²) < 4.78 is 26.4. The van der Waals surface area contributed by atoms with Crippen LogP contribution in [0.3, 0.4) is 0 Å². The molecule has 2 amide bonds. The zero-order valence-corrected chi connectivity index (χ0v) is 24.8. The summed E-state index contributed by atoms with van der Waals surface area (Å²) in [5, 5.41) is 3.86. The number of rotatable bonds is 11. The van der Waals surface area contributed by atoms with E-state index in [4.69, 9.17) is 23.2 Å². The van der Waals surface area contributed by atoms with Crippen LogP contribution in [0.2, 0.25) is 10.0 Å². The Morgan fingerprint density at radius 1 is 1.03 bits per heavy atom. The minimum Gasteiger partial charge on any atom is -0.352 e. The minimum atomic E-state index is -3.55. The maximum atomic E-state index is 13.5. The van der Waals surface area contributed by atoms with Gasteiger partial charge < -0.3 is 10.2 Å². The van der Waals surface area contributed by atoms with Gasteiger partial charge >= 0.3 is 0 Å². The summed E-state index contributed by atoms with van der Waals surface area (Å²) >= 11 is 12.3. The molecule has 0 spiro atoms. The number of sulfonamides is 1. The number of hydrogen-bond acceptors (Lipinski definition) is 4. The molecule has 1 N–H and O–H groups in total. The third kappa shape index (κ3) is 8.10. The van der Waals surface area contributed by atoms with Gasteiger partial charge in [0.05, 0.1) is 22.0 Å². The second kappa shape index (κ2) is 13.2. The minimum absolute atomic E-state index is 0.0826. The highest BCUT2D eigenvalue weighted by atomic mass is 35.5. The van der Waals surface area contributed by atoms with Gasteiger partial charge in [0, 0.05) is 25.6 Å². The number of benzene rings is 2. The zero-order chi connectivity index (χ0) is 28.0. The van der Waals surface area contributed by atoms with Crippen LogP contribution in [0.1, 0.15) is 62.1 Å². The van der Waals surface area contributed by atoms with Crippen LogP contribution >= 0.6 is 23.2 Å². The van der Waals surface area contributed by atoms with Gasteiger partial charge in [0.15, 0.2) is 0 Å². The van der Waals surface area contributed by atoms with Gasteiger partial charge in [-0.2, -0.15) is 0 Å². The van der Waals surface area contributed by atoms with E-state index in [9.17, 15) is 18.0 Å². The number of amides is 2. The Balaban J connectivity index is 1.75. The van der Waals surface area contributed by atoms with Crippen LogP contribution in [0.25, 0.3) is 0 Å². The Morgan fingerprint density at radius 3 is 2.32 bits per heavy atom. The molecule has 3 rings (SSSR count). The van der Waals surface area contributed by atoms with E-state index in [1.54, 1.807) is 31.2 Å². The highest BCUT2D eigenvalue weighted by molar-refractivity contribution is 7.92. The molecule has 0 heterocycles. The summed E-state index contributed by atoms with van der Waals surface area (Å²) in [5.41, 5.74) is 3.38. The number of aryl methyl sites for hydroxylation is 2. The molecule has 0 unspecified atom stereocenters. The standard InChI is InChI=1S/C28H37Cl2N3O4S/c1-19-11-13-24(16-20(19)2)33(38(4,36)37)15-7-10-27(34)32(18-22-12-14-25(29)26(30)17-22)21(3)28(35)31-23-8-5-6-9-23/h11-14,16-17,21,23H,5-10,15,18H2,1-4H3,(H,31,35)/t21-/m1/s1. The van der Waals surface area contributed by atoms with E-state index in [0.29, 0.717) is 22.2 Å². The van der Waals surface area contributed by atoms with Crippen molar-refractivity contribution in [3.63, 3.8) is 0 Å². The lowest BCUT2D eigenvalue weighted by Crippen LogP contribution is -2.49. The molecule has 1 fully saturated rings. The molecule has 1 aliphatic carbocycles. The van der Waals surface area contributed by atoms with Crippen molar-refractivity contribution in [3.05, 3.63) is 63.1 Å². The maximum Gasteiger partial charge on any atom is 0.242 e. The lowest BCUT2D eigenvalue weighted by atomic mass is 10.1. The molecule has 2 aromatic rings. The number of halogens is 2. The molecule has 0 bridgehead atoms. The monoisotopic (exact) mass is 581 g/mol. The fourth-order valence-electron chi connectivity index (χ4n) is 4.69. The number of nitrogens with zero attached hydrogens (tertiary/aromatic N) is 2. The van der Waals surface area contributed by atoms with Crippen molar-refractivity contribution >= 4 is 50.7 Å². The number of anilines is 1. The normalized spacial score (nSPS) is 14.8. The van der Waals surface area contributed by atoms with Crippen LogP contribution in [-0.2, 0) is 26.2 Å². The van der Waals surface area contributed by atoms with E-state index in [2.05, 4.69) is 5.32 Å². The van der Waals surface area contributed by atoms with Crippen molar-refractivity contribution < 1.29 is 18.0 Å². The summed E-state index contributed by atoms with van der Waals surface area (Å²) in [5.74, 6) is -0.433. The van der Waals surface area contributed by atoms with Crippen molar-refractivity contribution in [1.29, 1.82) is 0 Å². The molecule has 7 nitrogen and oxygen atoms in total. The van der Waals surface area contributed by atoms with Gasteiger partial charge in [-0.15, -0.1) is 0 Å². The van der Waals surface area contributed by atoms with Crippen molar-refractivity contribution in [2.75, 3.05) is 17.1 Å². The van der Waals surface area contributed by atoms with Crippen LogP contribution in [0.4, 0.5) is 5.69 Å². The first-order valence-electron chi connectivity index (χ1n) is 13.0. The molecule has 1 atom stereocenters. The molecule has 1 aliphatic rings. The van der Waals surface area contributed by atoms with Gasteiger partial charge in [-0.25, -0.2) is 8.42 Å². The second-order valence-corrected chi connectivity index (χ2v) is 12.9. The van der Waals surface area contributed by atoms with Crippen molar-refractivity contribution in [3.8, 4) is 0 Å². The molecular weight excluding hydrogens is 545 g/mol. The molecular formula is C28H37Cl2N3O4S. The zero-order valence-electron chi connectivity index (χ0n) is 22.5. The van der Waals surface area contributed by atoms with Gasteiger partial charge in [-0.3, -0.25) is 13.9 Å². The van der Waals surface area contributed by atoms with Crippen molar-refractivity contribution in [1.82, 2.24) is 10.2 Å². The fraction of sp³-hybridized carbons (Fsp3) is 0.500. The maximum absolute atomic E-state index is 13.5. The highest BCUT2D eigenvalue weighted by Crippen LogP contribution is 2.25. The third-order valence-electron chi connectivity index (χ3n) is 7.14. The van der Waals surface area contributed by atoms with Crippen molar-refractivity contribution in [2.24, 2.45) is 0 Å². The lowest BCUT2D eigenvalue weighted by Gasteiger charge is -2.30. The summed E-state index contributed by atoms with van der Waals surface area (Å²) in [4.78, 5) is 28.1. The van der Waals surface area contributed by atoms with E-state index < -0.39 is 16.1 Å². The van der Waals surface area contributed by atoms with Gasteiger partial charge in [0.2, 0.25) is 21.8 Å². The second-order valence-electron chi connectivity index (χ2n) is 10.1. The van der Waals surface area contributed by atoms with E-state index in [1.165, 1.54) is 9.21 Å². The van der Waals surface area contributed by atoms with Gasteiger partial charge in [-0.1, -0.05) is 48.2 Å². The SMILES string of the molecule is Cc1ccc(N(CCCC(=O)N(Cc2ccc(Cl)c(Cl)c2)[C@H](C)C(=O)NC2CCCC2)S(C)(=O)=O)cc1C. The quantitative estimate of drug-likeness (QED) is 0.372. The van der Waals surface area contributed by atoms with Gasteiger partial charge in [0.25, 0.3) is 0 Å². The van der Waals surface area contributed by atoms with Gasteiger partial charge in [-0.05, 0) is 81.0 Å². The fourth-order valence-corrected chi connectivity index (χ4v) is 5.97. The van der Waals surface area contributed by atoms with E-state index in [1.807, 2.05) is 26.0 Å². The van der Waals surface area contributed by atoms with Crippen LogP contribution in [0, 0.1) is 13.8 Å². The number of nitrogens with one attached hydrogen (secondary N) is 1. The summed E-state index contributed by atoms with van der Waals surface area (Å²) in [6.45, 7) is 5.95. The average molecular weight is 583 g/mol. The third-order valence-corrected chi connectivity index (χ3v) is 9.07.